The van der Waals surface area contributed by atoms with Crippen molar-refractivity contribution in [3.8, 4) is 0 Å². The Balaban J connectivity index is 2.51. The number of fused-ring (bicyclic) bond motifs is 1. The molecule has 2 rings (SSSR count). The van der Waals surface area contributed by atoms with Crippen LogP contribution in [0.5, 0.6) is 0 Å². The van der Waals surface area contributed by atoms with E-state index in [-0.39, 0.29) is 0 Å². The third kappa shape index (κ3) is 2.54. The lowest BCUT2D eigenvalue weighted by atomic mass is 10.0. The molecular weight excluding hydrogens is 204 g/mol. The molecule has 2 aromatic rings. The van der Waals surface area contributed by atoms with Gasteiger partial charge in [-0.15, -0.1) is 0 Å². The van der Waals surface area contributed by atoms with Gasteiger partial charge < -0.3 is 0 Å². The maximum absolute atomic E-state index is 3.87. The Morgan fingerprint density at radius 2 is 1.82 bits per heavy atom. The Bertz CT molecular complexity index is 586. The fourth-order valence-electron chi connectivity index (χ4n) is 1.85. The van der Waals surface area contributed by atoms with Gasteiger partial charge in [-0.3, -0.25) is 0 Å². The largest absolute Gasteiger partial charge is 0.0984 e. The molecule has 0 atom stereocenters. The Labute approximate surface area is 103 Å². The molecule has 0 aromatic heterocycles. The lowest BCUT2D eigenvalue weighted by molar-refractivity contribution is 1.65. The number of benzene rings is 2. The van der Waals surface area contributed by atoms with E-state index < -0.39 is 0 Å². The van der Waals surface area contributed by atoms with Crippen LogP contribution in [0.1, 0.15) is 12.5 Å². The number of hydrogen-bond donors (Lipinski definition) is 0. The predicted octanol–water partition coefficient (Wildman–Crippen LogP) is 4.99. The molecule has 0 amide bonds. The van der Waals surface area contributed by atoms with E-state index >= 15 is 0 Å². The SMILES string of the molecule is C=C/C(=C\C=C/C)c1ccc2ccccc2c1. The fraction of sp³-hybridized carbons (Fsp3) is 0.0588. The number of allylic oxidation sites excluding steroid dienone is 5. The van der Waals surface area contributed by atoms with Crippen LogP contribution in [0.15, 0.2) is 73.3 Å². The van der Waals surface area contributed by atoms with E-state index in [4.69, 9.17) is 0 Å². The Morgan fingerprint density at radius 3 is 2.53 bits per heavy atom. The molecule has 2 aromatic carbocycles. The third-order valence-electron chi connectivity index (χ3n) is 2.77. The van der Waals surface area contributed by atoms with Gasteiger partial charge in [-0.2, -0.15) is 0 Å². The van der Waals surface area contributed by atoms with Crippen molar-refractivity contribution in [2.24, 2.45) is 0 Å². The van der Waals surface area contributed by atoms with Gasteiger partial charge in [-0.05, 0) is 34.9 Å². The van der Waals surface area contributed by atoms with Crippen LogP contribution in [-0.4, -0.2) is 0 Å². The van der Waals surface area contributed by atoms with Crippen molar-refractivity contribution in [1.82, 2.24) is 0 Å². The van der Waals surface area contributed by atoms with Crippen molar-refractivity contribution >= 4 is 16.3 Å². The zero-order valence-corrected chi connectivity index (χ0v) is 10.1. The van der Waals surface area contributed by atoms with Crippen LogP contribution in [0.25, 0.3) is 16.3 Å². The summed E-state index contributed by atoms with van der Waals surface area (Å²) in [6, 6.07) is 14.9. The van der Waals surface area contributed by atoms with Gasteiger partial charge in [-0.25, -0.2) is 0 Å². The van der Waals surface area contributed by atoms with Gasteiger partial charge in [0.25, 0.3) is 0 Å². The van der Waals surface area contributed by atoms with E-state index in [9.17, 15) is 0 Å². The van der Waals surface area contributed by atoms with E-state index in [2.05, 4.69) is 55.1 Å². The van der Waals surface area contributed by atoms with Crippen LogP contribution in [0.4, 0.5) is 0 Å². The fourth-order valence-corrected chi connectivity index (χ4v) is 1.85. The molecule has 0 heteroatoms. The first-order valence-corrected chi connectivity index (χ1v) is 5.79. The van der Waals surface area contributed by atoms with E-state index in [1.54, 1.807) is 0 Å². The molecule has 0 aliphatic rings. The Hall–Kier alpha value is -2.08. The van der Waals surface area contributed by atoms with Gasteiger partial charge in [-0.1, -0.05) is 67.3 Å². The second-order valence-electron chi connectivity index (χ2n) is 3.91. The second kappa shape index (κ2) is 5.31. The highest BCUT2D eigenvalue weighted by atomic mass is 14.0. The first-order valence-electron chi connectivity index (χ1n) is 5.79. The van der Waals surface area contributed by atoms with Crippen molar-refractivity contribution in [3.63, 3.8) is 0 Å². The van der Waals surface area contributed by atoms with Crippen LogP contribution in [0, 0.1) is 0 Å². The molecule has 0 fully saturated rings. The topological polar surface area (TPSA) is 0 Å². The number of hydrogen-bond acceptors (Lipinski definition) is 0. The van der Waals surface area contributed by atoms with Crippen LogP contribution in [0.3, 0.4) is 0 Å². The summed E-state index contributed by atoms with van der Waals surface area (Å²) < 4.78 is 0. The molecule has 0 nitrogen and oxygen atoms in total. The average Bonchev–Trinajstić information content (AvgIpc) is 2.39. The van der Waals surface area contributed by atoms with Crippen molar-refractivity contribution in [2.75, 3.05) is 0 Å². The average molecular weight is 220 g/mol. The zero-order chi connectivity index (χ0) is 12.1. The summed E-state index contributed by atoms with van der Waals surface area (Å²) in [5.74, 6) is 0. The maximum Gasteiger partial charge on any atom is -0.0178 e. The summed E-state index contributed by atoms with van der Waals surface area (Å²) >= 11 is 0. The summed E-state index contributed by atoms with van der Waals surface area (Å²) in [5.41, 5.74) is 2.35. The zero-order valence-electron chi connectivity index (χ0n) is 10.1. The molecule has 0 spiro atoms. The third-order valence-corrected chi connectivity index (χ3v) is 2.77. The van der Waals surface area contributed by atoms with Gasteiger partial charge >= 0.3 is 0 Å². The van der Waals surface area contributed by atoms with Gasteiger partial charge in [0, 0.05) is 0 Å². The minimum absolute atomic E-state index is 1.15. The molecule has 0 aliphatic heterocycles. The smallest absolute Gasteiger partial charge is 0.0178 e. The minimum Gasteiger partial charge on any atom is -0.0984 e. The quantitative estimate of drug-likeness (QED) is 0.639. The predicted molar refractivity (Wildman–Crippen MR) is 76.9 cm³/mol. The Kier molecular flexibility index (Phi) is 3.56. The highest BCUT2D eigenvalue weighted by Gasteiger charge is 1.98. The minimum atomic E-state index is 1.15. The standard InChI is InChI=1S/C17H16/c1-3-5-8-14(4-2)17-12-11-15-9-6-7-10-16(15)13-17/h3-13H,2H2,1H3/b5-3-,14-8+. The van der Waals surface area contributed by atoms with Crippen LogP contribution < -0.4 is 0 Å². The molecule has 0 radical (unpaired) electrons. The summed E-state index contributed by atoms with van der Waals surface area (Å²) in [5, 5.41) is 2.53. The van der Waals surface area contributed by atoms with E-state index in [1.165, 1.54) is 16.3 Å². The lowest BCUT2D eigenvalue weighted by Gasteiger charge is -2.04. The number of rotatable bonds is 3. The molecule has 84 valence electrons. The van der Waals surface area contributed by atoms with E-state index in [0.29, 0.717) is 0 Å². The van der Waals surface area contributed by atoms with E-state index in [1.807, 2.05) is 25.2 Å². The van der Waals surface area contributed by atoms with Crippen molar-refractivity contribution in [1.29, 1.82) is 0 Å². The van der Waals surface area contributed by atoms with Crippen LogP contribution in [0.2, 0.25) is 0 Å². The first-order chi connectivity index (χ1) is 8.35. The van der Waals surface area contributed by atoms with Crippen molar-refractivity contribution in [2.45, 2.75) is 6.92 Å². The summed E-state index contributed by atoms with van der Waals surface area (Å²) in [6.45, 7) is 5.88. The summed E-state index contributed by atoms with van der Waals surface area (Å²) in [7, 11) is 0. The Morgan fingerprint density at radius 1 is 1.06 bits per heavy atom. The first kappa shape index (κ1) is 11.4. The normalized spacial score (nSPS) is 12.2. The molecule has 0 saturated carbocycles. The van der Waals surface area contributed by atoms with E-state index in [0.717, 1.165) is 5.57 Å². The van der Waals surface area contributed by atoms with Gasteiger partial charge in [0.1, 0.15) is 0 Å². The maximum atomic E-state index is 3.87. The summed E-state index contributed by atoms with van der Waals surface area (Å²) in [4.78, 5) is 0. The highest BCUT2D eigenvalue weighted by molar-refractivity contribution is 5.88. The lowest BCUT2D eigenvalue weighted by Crippen LogP contribution is -1.81. The molecule has 0 heterocycles. The summed E-state index contributed by atoms with van der Waals surface area (Å²) in [6.07, 6.45) is 8.03. The van der Waals surface area contributed by atoms with Gasteiger partial charge in [0.2, 0.25) is 0 Å². The second-order valence-corrected chi connectivity index (χ2v) is 3.91. The van der Waals surface area contributed by atoms with Crippen molar-refractivity contribution in [3.05, 3.63) is 78.9 Å². The molecule has 0 unspecified atom stereocenters. The van der Waals surface area contributed by atoms with Gasteiger partial charge in [0.05, 0.1) is 0 Å². The molecule has 17 heavy (non-hydrogen) atoms. The molecular formula is C17H16. The van der Waals surface area contributed by atoms with Crippen molar-refractivity contribution < 1.29 is 0 Å². The highest BCUT2D eigenvalue weighted by Crippen LogP contribution is 2.21. The molecule has 0 bridgehead atoms. The van der Waals surface area contributed by atoms with Crippen LogP contribution in [-0.2, 0) is 0 Å². The monoisotopic (exact) mass is 220 g/mol. The van der Waals surface area contributed by atoms with Crippen LogP contribution >= 0.6 is 0 Å². The molecule has 0 N–H and O–H groups in total. The molecule has 0 aliphatic carbocycles. The molecule has 0 saturated heterocycles. The van der Waals surface area contributed by atoms with Gasteiger partial charge in [0.15, 0.2) is 0 Å².